The third-order valence-electron chi connectivity index (χ3n) is 4.50. The summed E-state index contributed by atoms with van der Waals surface area (Å²) in [6.45, 7) is 0. The van der Waals surface area contributed by atoms with Crippen LogP contribution in [0.1, 0.15) is 0 Å². The molecule has 1 amide bonds. The van der Waals surface area contributed by atoms with E-state index in [1.807, 2.05) is 30.3 Å². The number of anilines is 2. The number of nitrogens with zero attached hydrogens (tertiary/aromatic N) is 2. The minimum Gasteiger partial charge on any atom is -0.325 e. The van der Waals surface area contributed by atoms with Gasteiger partial charge in [-0.15, -0.1) is 11.3 Å². The van der Waals surface area contributed by atoms with E-state index in [0.717, 1.165) is 14.6 Å². The molecule has 0 atom stereocenters. The molecule has 0 aliphatic carbocycles. The summed E-state index contributed by atoms with van der Waals surface area (Å²) in [6.07, 6.45) is 0. The van der Waals surface area contributed by atoms with Gasteiger partial charge in [0.15, 0.2) is 4.34 Å². The highest BCUT2D eigenvalue weighted by atomic mass is 32.2. The van der Waals surface area contributed by atoms with Crippen LogP contribution in [-0.4, -0.2) is 32.1 Å². The zero-order valence-corrected chi connectivity index (χ0v) is 19.0. The fourth-order valence-corrected chi connectivity index (χ4v) is 6.02. The molecule has 0 aliphatic heterocycles. The molecule has 158 valence electrons. The van der Waals surface area contributed by atoms with Crippen LogP contribution in [0, 0.1) is 0 Å². The average molecular weight is 470 g/mol. The van der Waals surface area contributed by atoms with Gasteiger partial charge in [0.05, 0.1) is 26.6 Å². The van der Waals surface area contributed by atoms with Crippen molar-refractivity contribution in [2.45, 2.75) is 9.24 Å². The summed E-state index contributed by atoms with van der Waals surface area (Å²) >= 11 is 2.89. The monoisotopic (exact) mass is 469 g/mol. The predicted octanol–water partition coefficient (Wildman–Crippen LogP) is 4.85. The van der Waals surface area contributed by atoms with Crippen LogP contribution in [0.3, 0.4) is 0 Å². The Bertz CT molecular complexity index is 1290. The van der Waals surface area contributed by atoms with Crippen LogP contribution in [0.4, 0.5) is 11.4 Å². The summed E-state index contributed by atoms with van der Waals surface area (Å²) < 4.78 is 29.0. The van der Waals surface area contributed by atoms with Gasteiger partial charge in [-0.05, 0) is 42.5 Å². The molecule has 6 nitrogen and oxygen atoms in total. The zero-order chi connectivity index (χ0) is 21.8. The van der Waals surface area contributed by atoms with Gasteiger partial charge in [0, 0.05) is 12.7 Å². The first-order chi connectivity index (χ1) is 14.9. The molecule has 1 heterocycles. The number of benzene rings is 3. The van der Waals surface area contributed by atoms with E-state index in [1.54, 1.807) is 36.4 Å². The van der Waals surface area contributed by atoms with E-state index < -0.39 is 10.0 Å². The second kappa shape index (κ2) is 9.09. The smallest absolute Gasteiger partial charge is 0.264 e. The number of sulfonamides is 1. The van der Waals surface area contributed by atoms with Gasteiger partial charge in [-0.2, -0.15) is 0 Å². The van der Waals surface area contributed by atoms with E-state index >= 15 is 0 Å². The third kappa shape index (κ3) is 4.90. The Kier molecular flexibility index (Phi) is 6.26. The molecule has 0 bridgehead atoms. The lowest BCUT2D eigenvalue weighted by Gasteiger charge is -2.19. The SMILES string of the molecule is CN(c1ccccc1)S(=O)(=O)c1cccc(NC(=O)CSc2nc3ccccc3s2)c1. The summed E-state index contributed by atoms with van der Waals surface area (Å²) in [4.78, 5) is 17.0. The number of thiazole rings is 1. The number of thioether (sulfide) groups is 1. The maximum atomic E-state index is 13.0. The first-order valence-corrected chi connectivity index (χ1v) is 12.6. The molecule has 0 fully saturated rings. The lowest BCUT2D eigenvalue weighted by Crippen LogP contribution is -2.26. The Morgan fingerprint density at radius 1 is 1.03 bits per heavy atom. The van der Waals surface area contributed by atoms with Gasteiger partial charge in [0.1, 0.15) is 0 Å². The second-order valence-corrected chi connectivity index (χ2v) is 10.8. The Hall–Kier alpha value is -2.88. The number of nitrogens with one attached hydrogen (secondary N) is 1. The topological polar surface area (TPSA) is 79.4 Å². The van der Waals surface area contributed by atoms with Gasteiger partial charge in [0.2, 0.25) is 5.91 Å². The Morgan fingerprint density at radius 3 is 2.55 bits per heavy atom. The molecule has 0 spiro atoms. The number of rotatable bonds is 7. The molecule has 31 heavy (non-hydrogen) atoms. The van der Waals surface area contributed by atoms with Gasteiger partial charge in [-0.1, -0.05) is 48.2 Å². The van der Waals surface area contributed by atoms with Gasteiger partial charge >= 0.3 is 0 Å². The number of para-hydroxylation sites is 2. The van der Waals surface area contributed by atoms with Crippen molar-refractivity contribution >= 4 is 60.6 Å². The van der Waals surface area contributed by atoms with E-state index in [0.29, 0.717) is 11.4 Å². The molecule has 3 aromatic carbocycles. The predicted molar refractivity (Wildman–Crippen MR) is 127 cm³/mol. The first-order valence-electron chi connectivity index (χ1n) is 9.36. The summed E-state index contributed by atoms with van der Waals surface area (Å²) in [5.74, 6) is -0.0454. The highest BCUT2D eigenvalue weighted by molar-refractivity contribution is 8.01. The van der Waals surface area contributed by atoms with Crippen LogP contribution < -0.4 is 9.62 Å². The fourth-order valence-electron chi connectivity index (χ4n) is 2.91. The number of fused-ring (bicyclic) bond motifs is 1. The van der Waals surface area contributed by atoms with Crippen LogP contribution >= 0.6 is 23.1 Å². The minimum absolute atomic E-state index is 0.107. The molecule has 1 N–H and O–H groups in total. The molecule has 1 aromatic heterocycles. The van der Waals surface area contributed by atoms with E-state index in [9.17, 15) is 13.2 Å². The Labute approximate surface area is 189 Å². The number of aromatic nitrogens is 1. The molecule has 0 saturated heterocycles. The Morgan fingerprint density at radius 2 is 1.77 bits per heavy atom. The van der Waals surface area contributed by atoms with Crippen LogP contribution in [0.5, 0.6) is 0 Å². The molecule has 0 unspecified atom stereocenters. The number of amides is 1. The Balaban J connectivity index is 1.43. The van der Waals surface area contributed by atoms with E-state index in [1.165, 1.54) is 46.6 Å². The highest BCUT2D eigenvalue weighted by Gasteiger charge is 2.21. The number of carbonyl (C=O) groups excluding carboxylic acids is 1. The fraction of sp³-hybridized carbons (Fsp3) is 0.0909. The van der Waals surface area contributed by atoms with Gasteiger partial charge in [-0.3, -0.25) is 9.10 Å². The molecule has 4 aromatic rings. The van der Waals surface area contributed by atoms with Crippen molar-refractivity contribution in [3.63, 3.8) is 0 Å². The molecule has 9 heteroatoms. The maximum absolute atomic E-state index is 13.0. The second-order valence-electron chi connectivity index (χ2n) is 6.62. The first kappa shape index (κ1) is 21.4. The molecular formula is C22H19N3O3S3. The number of hydrogen-bond donors (Lipinski definition) is 1. The van der Waals surface area contributed by atoms with Crippen molar-refractivity contribution in [3.8, 4) is 0 Å². The molecule has 4 rings (SSSR count). The highest BCUT2D eigenvalue weighted by Crippen LogP contribution is 2.29. The largest absolute Gasteiger partial charge is 0.325 e. The number of carbonyl (C=O) groups is 1. The van der Waals surface area contributed by atoms with Crippen LogP contribution in [0.15, 0.2) is 88.1 Å². The zero-order valence-electron chi connectivity index (χ0n) is 16.6. The molecule has 0 aliphatic rings. The summed E-state index contributed by atoms with van der Waals surface area (Å²) in [6, 6.07) is 22.9. The van der Waals surface area contributed by atoms with Crippen molar-refractivity contribution in [1.29, 1.82) is 0 Å². The van der Waals surface area contributed by atoms with Crippen molar-refractivity contribution < 1.29 is 13.2 Å². The van der Waals surface area contributed by atoms with Crippen LogP contribution in [0.2, 0.25) is 0 Å². The van der Waals surface area contributed by atoms with E-state index in [4.69, 9.17) is 0 Å². The van der Waals surface area contributed by atoms with Crippen molar-refractivity contribution in [3.05, 3.63) is 78.9 Å². The summed E-state index contributed by atoms with van der Waals surface area (Å²) in [5, 5.41) is 2.77. The molecule has 0 radical (unpaired) electrons. The van der Waals surface area contributed by atoms with Gasteiger partial charge in [-0.25, -0.2) is 13.4 Å². The van der Waals surface area contributed by atoms with Gasteiger partial charge < -0.3 is 5.32 Å². The van der Waals surface area contributed by atoms with Crippen LogP contribution in [-0.2, 0) is 14.8 Å². The lowest BCUT2D eigenvalue weighted by atomic mass is 10.3. The quantitative estimate of drug-likeness (QED) is 0.391. The number of hydrogen-bond acceptors (Lipinski definition) is 6. The van der Waals surface area contributed by atoms with Crippen LogP contribution in [0.25, 0.3) is 10.2 Å². The summed E-state index contributed by atoms with van der Waals surface area (Å²) in [5.41, 5.74) is 1.90. The van der Waals surface area contributed by atoms with E-state index in [2.05, 4.69) is 10.3 Å². The van der Waals surface area contributed by atoms with Crippen molar-refractivity contribution in [2.75, 3.05) is 22.4 Å². The van der Waals surface area contributed by atoms with Crippen molar-refractivity contribution in [2.24, 2.45) is 0 Å². The normalized spacial score (nSPS) is 11.4. The third-order valence-corrected chi connectivity index (χ3v) is 8.46. The van der Waals surface area contributed by atoms with Gasteiger partial charge in [0.25, 0.3) is 10.0 Å². The standard InChI is InChI=1S/C22H19N3O3S3/c1-25(17-9-3-2-4-10-17)31(27,28)18-11-7-8-16(14-18)23-21(26)15-29-22-24-19-12-5-6-13-20(19)30-22/h2-14H,15H2,1H3,(H,23,26). The molecular weight excluding hydrogens is 450 g/mol. The maximum Gasteiger partial charge on any atom is 0.264 e. The lowest BCUT2D eigenvalue weighted by molar-refractivity contribution is -0.113. The average Bonchev–Trinajstić information content (AvgIpc) is 3.21. The van der Waals surface area contributed by atoms with E-state index in [-0.39, 0.29) is 16.6 Å². The molecule has 0 saturated carbocycles. The minimum atomic E-state index is -3.75. The summed E-state index contributed by atoms with van der Waals surface area (Å²) in [7, 11) is -2.25. The van der Waals surface area contributed by atoms with Crippen molar-refractivity contribution in [1.82, 2.24) is 4.98 Å².